The van der Waals surface area contributed by atoms with Crippen molar-refractivity contribution in [3.8, 4) is 5.75 Å². The highest BCUT2D eigenvalue weighted by Crippen LogP contribution is 2.27. The monoisotopic (exact) mass is 398 g/mol. The molecule has 0 aromatic heterocycles. The van der Waals surface area contributed by atoms with Crippen LogP contribution in [-0.4, -0.2) is 48.8 Å². The molecule has 10 heteroatoms. The van der Waals surface area contributed by atoms with Gasteiger partial charge in [0.05, 0.1) is 12.0 Å². The second-order valence-corrected chi connectivity index (χ2v) is 9.40. The van der Waals surface area contributed by atoms with Gasteiger partial charge in [0.15, 0.2) is 9.84 Å². The molecule has 1 heterocycles. The lowest BCUT2D eigenvalue weighted by Gasteiger charge is -2.30. The summed E-state index contributed by atoms with van der Waals surface area (Å²) in [6.45, 7) is 2.77. The first-order valence-electron chi connectivity index (χ1n) is 7.29. The highest BCUT2D eigenvalue weighted by molar-refractivity contribution is 7.91. The van der Waals surface area contributed by atoms with E-state index >= 15 is 0 Å². The van der Waals surface area contributed by atoms with E-state index in [2.05, 4.69) is 10.0 Å². The molecular formula is C14H23ClN2O5S2. The average Bonchev–Trinajstić information content (AvgIpc) is 2.48. The largest absolute Gasteiger partial charge is 0.495 e. The zero-order valence-corrected chi connectivity index (χ0v) is 16.2. The number of ether oxygens (including phenoxy) is 1. The Morgan fingerprint density at radius 1 is 1.25 bits per heavy atom. The molecule has 1 saturated heterocycles. The number of hydrogen-bond acceptors (Lipinski definition) is 6. The van der Waals surface area contributed by atoms with Crippen molar-refractivity contribution in [3.63, 3.8) is 0 Å². The molecular weight excluding hydrogens is 376 g/mol. The molecule has 0 spiro atoms. The minimum atomic E-state index is -3.90. The van der Waals surface area contributed by atoms with E-state index in [1.165, 1.54) is 19.2 Å². The first-order chi connectivity index (χ1) is 10.6. The Balaban J connectivity index is 0.00000288. The van der Waals surface area contributed by atoms with Crippen LogP contribution in [0.3, 0.4) is 0 Å². The third-order valence-electron chi connectivity index (χ3n) is 3.92. The molecule has 2 unspecified atom stereocenters. The number of sulfone groups is 1. The van der Waals surface area contributed by atoms with Crippen molar-refractivity contribution in [2.24, 2.45) is 0 Å². The molecule has 0 amide bonds. The van der Waals surface area contributed by atoms with Crippen LogP contribution in [0.2, 0.25) is 0 Å². The van der Waals surface area contributed by atoms with E-state index in [0.717, 1.165) is 31.7 Å². The van der Waals surface area contributed by atoms with Gasteiger partial charge in [-0.25, -0.2) is 21.6 Å². The van der Waals surface area contributed by atoms with E-state index in [1.54, 1.807) is 0 Å². The second-order valence-electron chi connectivity index (χ2n) is 5.70. The number of halogens is 1. The summed E-state index contributed by atoms with van der Waals surface area (Å²) in [5.74, 6) is 0.112. The van der Waals surface area contributed by atoms with Crippen LogP contribution in [0.5, 0.6) is 5.75 Å². The summed E-state index contributed by atoms with van der Waals surface area (Å²) in [6, 6.07) is 3.58. The number of methoxy groups -OCH3 is 1. The second kappa shape index (κ2) is 8.01. The first-order valence-corrected chi connectivity index (χ1v) is 10.7. The van der Waals surface area contributed by atoms with Crippen molar-refractivity contribution >= 4 is 32.3 Å². The molecule has 0 saturated carbocycles. The zero-order chi connectivity index (χ0) is 17.3. The van der Waals surface area contributed by atoms with Gasteiger partial charge in [-0.15, -0.1) is 12.4 Å². The normalized spacial score (nSPS) is 21.8. The fraction of sp³-hybridized carbons (Fsp3) is 0.571. The fourth-order valence-corrected chi connectivity index (χ4v) is 4.83. The van der Waals surface area contributed by atoms with Crippen LogP contribution in [0.15, 0.2) is 28.0 Å². The highest BCUT2D eigenvalue weighted by Gasteiger charge is 2.29. The Morgan fingerprint density at radius 2 is 1.92 bits per heavy atom. The Bertz CT molecular complexity index is 780. The van der Waals surface area contributed by atoms with Crippen LogP contribution >= 0.6 is 12.4 Å². The lowest BCUT2D eigenvalue weighted by Crippen LogP contribution is -2.51. The molecule has 138 valence electrons. The van der Waals surface area contributed by atoms with E-state index in [-0.39, 0.29) is 40.0 Å². The molecule has 1 fully saturated rings. The lowest BCUT2D eigenvalue weighted by molar-refractivity contribution is 0.347. The minimum absolute atomic E-state index is 0. The van der Waals surface area contributed by atoms with Crippen molar-refractivity contribution in [2.75, 3.05) is 19.9 Å². The van der Waals surface area contributed by atoms with Crippen LogP contribution in [0.25, 0.3) is 0 Å². The average molecular weight is 399 g/mol. The lowest BCUT2D eigenvalue weighted by atomic mass is 10.0. The summed E-state index contributed by atoms with van der Waals surface area (Å²) in [7, 11) is -6.07. The Morgan fingerprint density at radius 3 is 2.46 bits per heavy atom. The smallest absolute Gasteiger partial charge is 0.244 e. The SMILES string of the molecule is COc1ccc(S(C)(=O)=O)cc1S(=O)(=O)NC1CCCNC1C.Cl. The van der Waals surface area contributed by atoms with E-state index in [4.69, 9.17) is 4.74 Å². The third-order valence-corrected chi connectivity index (χ3v) is 6.54. The number of piperidine rings is 1. The van der Waals surface area contributed by atoms with Gasteiger partial charge in [0, 0.05) is 18.3 Å². The van der Waals surface area contributed by atoms with Gasteiger partial charge in [-0.05, 0) is 44.5 Å². The van der Waals surface area contributed by atoms with Gasteiger partial charge in [-0.3, -0.25) is 0 Å². The molecule has 2 N–H and O–H groups in total. The summed E-state index contributed by atoms with van der Waals surface area (Å²) in [5.41, 5.74) is 0. The minimum Gasteiger partial charge on any atom is -0.495 e. The molecule has 24 heavy (non-hydrogen) atoms. The zero-order valence-electron chi connectivity index (χ0n) is 13.8. The van der Waals surface area contributed by atoms with Crippen molar-refractivity contribution in [2.45, 2.75) is 41.6 Å². The van der Waals surface area contributed by atoms with Crippen LogP contribution in [0, 0.1) is 0 Å². The predicted molar refractivity (Wildman–Crippen MR) is 94.2 cm³/mol. The van der Waals surface area contributed by atoms with E-state index in [0.29, 0.717) is 0 Å². The number of nitrogens with one attached hydrogen (secondary N) is 2. The maximum absolute atomic E-state index is 12.7. The van der Waals surface area contributed by atoms with Crippen LogP contribution in [0.1, 0.15) is 19.8 Å². The summed E-state index contributed by atoms with van der Waals surface area (Å²) in [6.07, 6.45) is 2.63. The van der Waals surface area contributed by atoms with Gasteiger partial charge in [0.2, 0.25) is 10.0 Å². The van der Waals surface area contributed by atoms with Crippen LogP contribution < -0.4 is 14.8 Å². The van der Waals surface area contributed by atoms with Crippen molar-refractivity contribution < 1.29 is 21.6 Å². The molecule has 1 aliphatic heterocycles. The predicted octanol–water partition coefficient (Wildman–Crippen LogP) is 0.939. The van der Waals surface area contributed by atoms with Crippen molar-refractivity contribution in [1.29, 1.82) is 0 Å². The topological polar surface area (TPSA) is 102 Å². The summed E-state index contributed by atoms with van der Waals surface area (Å²) < 4.78 is 56.5. The molecule has 0 bridgehead atoms. The molecule has 2 rings (SSSR count). The van der Waals surface area contributed by atoms with Gasteiger partial charge in [-0.2, -0.15) is 0 Å². The third kappa shape index (κ3) is 4.82. The number of benzene rings is 1. The molecule has 7 nitrogen and oxygen atoms in total. The van der Waals surface area contributed by atoms with Gasteiger partial charge in [-0.1, -0.05) is 0 Å². The highest BCUT2D eigenvalue weighted by atomic mass is 35.5. The van der Waals surface area contributed by atoms with Gasteiger partial charge in [0.25, 0.3) is 0 Å². The van der Waals surface area contributed by atoms with E-state index in [9.17, 15) is 16.8 Å². The van der Waals surface area contributed by atoms with Crippen molar-refractivity contribution in [1.82, 2.24) is 10.0 Å². The Labute approximate surface area is 149 Å². The molecule has 1 aromatic rings. The molecule has 0 radical (unpaired) electrons. The number of hydrogen-bond donors (Lipinski definition) is 2. The van der Waals surface area contributed by atoms with Crippen molar-refractivity contribution in [3.05, 3.63) is 18.2 Å². The van der Waals surface area contributed by atoms with Crippen LogP contribution in [-0.2, 0) is 19.9 Å². The molecule has 1 aliphatic rings. The molecule has 1 aromatic carbocycles. The summed E-state index contributed by atoms with van der Waals surface area (Å²) in [5, 5.41) is 3.22. The van der Waals surface area contributed by atoms with Crippen LogP contribution in [0.4, 0.5) is 0 Å². The van der Waals surface area contributed by atoms with Gasteiger partial charge >= 0.3 is 0 Å². The quantitative estimate of drug-likeness (QED) is 0.765. The fourth-order valence-electron chi connectivity index (χ4n) is 2.57. The Hall–Kier alpha value is -0.870. The number of rotatable bonds is 5. The molecule has 0 aliphatic carbocycles. The maximum atomic E-state index is 12.7. The van der Waals surface area contributed by atoms with E-state index in [1.807, 2.05) is 6.92 Å². The number of sulfonamides is 1. The van der Waals surface area contributed by atoms with E-state index < -0.39 is 19.9 Å². The summed E-state index contributed by atoms with van der Waals surface area (Å²) >= 11 is 0. The molecule has 2 atom stereocenters. The maximum Gasteiger partial charge on any atom is 0.244 e. The Kier molecular flexibility index (Phi) is 7.06. The first kappa shape index (κ1) is 21.2. The standard InChI is InChI=1S/C14H22N2O5S2.ClH/c1-10-12(5-4-8-15-10)16-23(19,20)14-9-11(22(3,17)18)6-7-13(14)21-2;/h6-7,9-10,12,15-16H,4-5,8H2,1-3H3;1H. The van der Waals surface area contributed by atoms with Gasteiger partial charge < -0.3 is 10.1 Å². The van der Waals surface area contributed by atoms with Gasteiger partial charge in [0.1, 0.15) is 10.6 Å². The summed E-state index contributed by atoms with van der Waals surface area (Å²) in [4.78, 5) is -0.228.